The van der Waals surface area contributed by atoms with Gasteiger partial charge in [0.1, 0.15) is 22.5 Å². The van der Waals surface area contributed by atoms with Gasteiger partial charge in [0.05, 0.1) is 12.8 Å². The summed E-state index contributed by atoms with van der Waals surface area (Å²) in [5, 5.41) is 9.29. The van der Waals surface area contributed by atoms with Crippen LogP contribution in [0.3, 0.4) is 0 Å². The Kier molecular flexibility index (Phi) is 5.21. The number of pyridine rings is 1. The molecule has 0 atom stereocenters. The number of halogens is 6. The average molecular weight is 437 g/mol. The fraction of sp³-hybridized carbons (Fsp3) is 0.333. The van der Waals surface area contributed by atoms with Gasteiger partial charge in [-0.3, -0.25) is 4.98 Å². The summed E-state index contributed by atoms with van der Waals surface area (Å²) in [5.74, 6) is -3.11. The van der Waals surface area contributed by atoms with Crippen molar-refractivity contribution in [1.29, 1.82) is 0 Å². The van der Waals surface area contributed by atoms with E-state index in [0.717, 1.165) is 37.6 Å². The van der Waals surface area contributed by atoms with Crippen LogP contribution in [-0.4, -0.2) is 35.7 Å². The molecule has 1 aliphatic rings. The molecule has 0 bridgehead atoms. The van der Waals surface area contributed by atoms with Crippen LogP contribution in [0.5, 0.6) is 23.0 Å². The second-order valence-electron chi connectivity index (χ2n) is 6.41. The van der Waals surface area contributed by atoms with E-state index in [1.165, 1.54) is 0 Å². The van der Waals surface area contributed by atoms with E-state index in [0.29, 0.717) is 0 Å². The fourth-order valence-corrected chi connectivity index (χ4v) is 2.80. The lowest BCUT2D eigenvalue weighted by molar-refractivity contribution is -0.274. The Morgan fingerprint density at radius 3 is 2.23 bits per heavy atom. The Labute approximate surface area is 165 Å². The molecular weight excluding hydrogens is 424 g/mol. The zero-order chi connectivity index (χ0) is 22.3. The first kappa shape index (κ1) is 21.5. The Morgan fingerprint density at radius 2 is 1.73 bits per heavy atom. The molecule has 1 aliphatic carbocycles. The van der Waals surface area contributed by atoms with Gasteiger partial charge in [-0.2, -0.15) is 13.2 Å². The highest BCUT2D eigenvalue weighted by molar-refractivity contribution is 5.90. The van der Waals surface area contributed by atoms with Crippen LogP contribution in [0.15, 0.2) is 30.5 Å². The summed E-state index contributed by atoms with van der Waals surface area (Å²) < 4.78 is 91.3. The lowest BCUT2D eigenvalue weighted by Crippen LogP contribution is -2.29. The van der Waals surface area contributed by atoms with Crippen LogP contribution in [0, 0.1) is 0 Å². The second kappa shape index (κ2) is 7.26. The van der Waals surface area contributed by atoms with Crippen LogP contribution in [0.1, 0.15) is 28.9 Å². The van der Waals surface area contributed by atoms with Gasteiger partial charge in [0.15, 0.2) is 11.5 Å². The largest absolute Gasteiger partial charge is 0.573 e. The van der Waals surface area contributed by atoms with Crippen LogP contribution in [0.2, 0.25) is 0 Å². The molecule has 1 fully saturated rings. The van der Waals surface area contributed by atoms with Crippen molar-refractivity contribution in [3.8, 4) is 23.0 Å². The van der Waals surface area contributed by atoms with Crippen molar-refractivity contribution in [2.45, 2.75) is 30.8 Å². The zero-order valence-electron chi connectivity index (χ0n) is 15.1. The van der Waals surface area contributed by atoms with E-state index in [2.05, 4.69) is 9.72 Å². The van der Waals surface area contributed by atoms with Crippen molar-refractivity contribution in [2.24, 2.45) is 0 Å². The van der Waals surface area contributed by atoms with E-state index in [-0.39, 0.29) is 24.3 Å². The fourth-order valence-electron chi connectivity index (χ4n) is 2.80. The molecule has 0 amide bonds. The molecule has 2 aromatic rings. The lowest BCUT2D eigenvalue weighted by atomic mass is 10.00. The molecule has 1 aromatic heterocycles. The number of nitrogens with zero attached hydrogens (tertiary/aromatic N) is 1. The first-order chi connectivity index (χ1) is 13.9. The molecule has 0 radical (unpaired) electrons. The highest BCUT2D eigenvalue weighted by Crippen LogP contribution is 2.58. The van der Waals surface area contributed by atoms with Gasteiger partial charge >= 0.3 is 18.5 Å². The SMILES string of the molecule is COc1cc(OC(F)(F)F)ccc1Oc1cc(C2(C(F)(F)F)CC2)ncc1C(=O)O. The number of methoxy groups -OCH3 is 1. The molecule has 3 rings (SSSR count). The zero-order valence-corrected chi connectivity index (χ0v) is 15.1. The average Bonchev–Trinajstić information content (AvgIpc) is 3.43. The Bertz CT molecular complexity index is 969. The van der Waals surface area contributed by atoms with Gasteiger partial charge in [0.25, 0.3) is 0 Å². The number of carbonyl (C=O) groups is 1. The van der Waals surface area contributed by atoms with Crippen LogP contribution in [0.25, 0.3) is 0 Å². The summed E-state index contributed by atoms with van der Waals surface area (Å²) in [7, 11) is 1.11. The summed E-state index contributed by atoms with van der Waals surface area (Å²) in [4.78, 5) is 15.1. The Hall–Kier alpha value is -3.18. The van der Waals surface area contributed by atoms with Gasteiger partial charge in [-0.25, -0.2) is 4.79 Å². The second-order valence-corrected chi connectivity index (χ2v) is 6.41. The monoisotopic (exact) mass is 437 g/mol. The first-order valence-electron chi connectivity index (χ1n) is 8.28. The van der Waals surface area contributed by atoms with E-state index in [1.54, 1.807) is 0 Å². The highest BCUT2D eigenvalue weighted by atomic mass is 19.4. The van der Waals surface area contributed by atoms with Crippen molar-refractivity contribution in [1.82, 2.24) is 4.98 Å². The number of carboxylic acid groups (broad SMARTS) is 1. The number of aromatic carboxylic acids is 1. The van der Waals surface area contributed by atoms with Gasteiger partial charge in [-0.15, -0.1) is 13.2 Å². The summed E-state index contributed by atoms with van der Waals surface area (Å²) in [6, 6.07) is 3.58. The molecule has 12 heteroatoms. The predicted molar refractivity (Wildman–Crippen MR) is 87.9 cm³/mol. The number of hydrogen-bond donors (Lipinski definition) is 1. The number of benzene rings is 1. The van der Waals surface area contributed by atoms with E-state index >= 15 is 0 Å². The van der Waals surface area contributed by atoms with Gasteiger partial charge in [-0.1, -0.05) is 0 Å². The molecule has 1 saturated carbocycles. The number of rotatable bonds is 6. The third kappa shape index (κ3) is 4.21. The standard InChI is InChI=1S/C18H13F6NO5/c1-28-13-6-9(30-18(22,23)24)2-3-11(13)29-12-7-14(25-8-10(12)15(26)27)16(4-5-16)17(19,20)21/h2-3,6-8H,4-5H2,1H3,(H,26,27). The Balaban J connectivity index is 1.99. The number of alkyl halides is 6. The molecule has 1 aromatic carbocycles. The third-order valence-electron chi connectivity index (χ3n) is 4.47. The maximum absolute atomic E-state index is 13.4. The van der Waals surface area contributed by atoms with Crippen molar-refractivity contribution in [2.75, 3.05) is 7.11 Å². The van der Waals surface area contributed by atoms with Crippen LogP contribution in [0.4, 0.5) is 26.3 Å². The topological polar surface area (TPSA) is 77.9 Å². The molecule has 162 valence electrons. The molecular formula is C18H13F6NO5. The highest BCUT2D eigenvalue weighted by Gasteiger charge is 2.65. The smallest absolute Gasteiger partial charge is 0.493 e. The van der Waals surface area contributed by atoms with Crippen LogP contribution >= 0.6 is 0 Å². The molecule has 30 heavy (non-hydrogen) atoms. The van der Waals surface area contributed by atoms with Crippen molar-refractivity contribution >= 4 is 5.97 Å². The molecule has 0 saturated heterocycles. The van der Waals surface area contributed by atoms with Crippen LogP contribution < -0.4 is 14.2 Å². The van der Waals surface area contributed by atoms with Crippen molar-refractivity contribution < 1.29 is 50.5 Å². The minimum atomic E-state index is -4.96. The minimum Gasteiger partial charge on any atom is -0.493 e. The third-order valence-corrected chi connectivity index (χ3v) is 4.47. The van der Waals surface area contributed by atoms with Crippen molar-refractivity contribution in [3.05, 3.63) is 41.7 Å². The summed E-state index contributed by atoms with van der Waals surface area (Å²) in [6.45, 7) is 0. The maximum atomic E-state index is 13.4. The Morgan fingerprint density at radius 1 is 1.07 bits per heavy atom. The van der Waals surface area contributed by atoms with Gasteiger partial charge in [0, 0.05) is 18.3 Å². The van der Waals surface area contributed by atoms with Crippen LogP contribution in [-0.2, 0) is 5.41 Å². The summed E-state index contributed by atoms with van der Waals surface area (Å²) in [5.41, 5.74) is -3.13. The van der Waals surface area contributed by atoms with Gasteiger partial charge in [0.2, 0.25) is 0 Å². The van der Waals surface area contributed by atoms with Crippen molar-refractivity contribution in [3.63, 3.8) is 0 Å². The lowest BCUT2D eigenvalue weighted by Gasteiger charge is -2.20. The van der Waals surface area contributed by atoms with E-state index < -0.39 is 46.7 Å². The minimum absolute atomic E-state index is 0.206. The quantitative estimate of drug-likeness (QED) is 0.636. The summed E-state index contributed by atoms with van der Waals surface area (Å²) >= 11 is 0. The number of ether oxygens (including phenoxy) is 3. The van der Waals surface area contributed by atoms with E-state index in [1.807, 2.05) is 0 Å². The first-order valence-corrected chi connectivity index (χ1v) is 8.28. The van der Waals surface area contributed by atoms with Gasteiger partial charge in [-0.05, 0) is 25.0 Å². The summed E-state index contributed by atoms with van der Waals surface area (Å²) in [6.07, 6.45) is -9.22. The molecule has 1 heterocycles. The number of hydrogen-bond acceptors (Lipinski definition) is 5. The normalized spacial score (nSPS) is 15.4. The van der Waals surface area contributed by atoms with E-state index in [9.17, 15) is 36.2 Å². The predicted octanol–water partition coefficient (Wildman–Crippen LogP) is 5.07. The molecule has 0 aliphatic heterocycles. The molecule has 0 spiro atoms. The van der Waals surface area contributed by atoms with E-state index in [4.69, 9.17) is 9.47 Å². The number of carboxylic acids is 1. The van der Waals surface area contributed by atoms with Gasteiger partial charge < -0.3 is 19.3 Å². The number of aromatic nitrogens is 1. The molecule has 6 nitrogen and oxygen atoms in total. The molecule has 1 N–H and O–H groups in total. The maximum Gasteiger partial charge on any atom is 0.573 e. The molecule has 0 unspecified atom stereocenters.